The molecular formula is C12H23N3O4S. The molecule has 0 aromatic heterocycles. The maximum Gasteiger partial charge on any atom is 0.280 e. The fraction of sp³-hybridized carbons (Fsp3) is 0.917. The van der Waals surface area contributed by atoms with Crippen molar-refractivity contribution < 1.29 is 17.9 Å². The van der Waals surface area contributed by atoms with Gasteiger partial charge >= 0.3 is 0 Å². The lowest BCUT2D eigenvalue weighted by molar-refractivity contribution is -0.122. The van der Waals surface area contributed by atoms with E-state index in [1.165, 1.54) is 4.31 Å². The van der Waals surface area contributed by atoms with Crippen molar-refractivity contribution in [1.29, 1.82) is 0 Å². The van der Waals surface area contributed by atoms with E-state index in [-0.39, 0.29) is 18.1 Å². The molecule has 7 nitrogen and oxygen atoms in total. The number of amides is 1. The Morgan fingerprint density at radius 3 is 2.55 bits per heavy atom. The number of hydrogen-bond acceptors (Lipinski definition) is 4. The molecule has 0 aromatic rings. The fourth-order valence-electron chi connectivity index (χ4n) is 2.63. The van der Waals surface area contributed by atoms with Crippen LogP contribution < -0.4 is 10.0 Å². The van der Waals surface area contributed by atoms with Crippen LogP contribution in [-0.2, 0) is 19.7 Å². The Labute approximate surface area is 120 Å². The summed E-state index contributed by atoms with van der Waals surface area (Å²) in [6.45, 7) is 4.93. The van der Waals surface area contributed by atoms with Crippen molar-refractivity contribution >= 4 is 16.1 Å². The number of hydrogen-bond donors (Lipinski definition) is 2. The van der Waals surface area contributed by atoms with Gasteiger partial charge < -0.3 is 10.1 Å². The first-order valence-electron chi connectivity index (χ1n) is 7.09. The minimum absolute atomic E-state index is 0.140. The Kier molecular flexibility index (Phi) is 5.00. The maximum atomic E-state index is 12.4. The lowest BCUT2D eigenvalue weighted by Crippen LogP contribution is -2.55. The molecule has 2 aliphatic rings. The molecule has 0 saturated carbocycles. The average Bonchev–Trinajstić information content (AvgIpc) is 2.53. The number of rotatable bonds is 3. The van der Waals surface area contributed by atoms with Crippen molar-refractivity contribution in [3.8, 4) is 0 Å². The van der Waals surface area contributed by atoms with Crippen LogP contribution in [0, 0.1) is 0 Å². The van der Waals surface area contributed by atoms with Gasteiger partial charge in [0, 0.05) is 19.6 Å². The van der Waals surface area contributed by atoms with Crippen LogP contribution in [0.2, 0.25) is 0 Å². The smallest absolute Gasteiger partial charge is 0.280 e. The van der Waals surface area contributed by atoms with Crippen LogP contribution in [0.3, 0.4) is 0 Å². The monoisotopic (exact) mass is 305 g/mol. The zero-order valence-electron chi connectivity index (χ0n) is 12.0. The molecule has 0 spiro atoms. The Morgan fingerprint density at radius 1 is 1.25 bits per heavy atom. The molecule has 2 rings (SSSR count). The minimum atomic E-state index is -3.66. The highest BCUT2D eigenvalue weighted by atomic mass is 32.2. The molecule has 0 aliphatic carbocycles. The van der Waals surface area contributed by atoms with E-state index in [0.29, 0.717) is 26.1 Å². The van der Waals surface area contributed by atoms with Crippen LogP contribution in [0.1, 0.15) is 33.1 Å². The lowest BCUT2D eigenvalue weighted by atomic mass is 10.1. The molecule has 0 unspecified atom stereocenters. The highest BCUT2D eigenvalue weighted by Gasteiger charge is 2.34. The van der Waals surface area contributed by atoms with Crippen LogP contribution in [0.15, 0.2) is 0 Å². The highest BCUT2D eigenvalue weighted by molar-refractivity contribution is 7.87. The quantitative estimate of drug-likeness (QED) is 0.742. The second kappa shape index (κ2) is 6.38. The molecule has 20 heavy (non-hydrogen) atoms. The third kappa shape index (κ3) is 3.91. The number of nitrogens with zero attached hydrogens (tertiary/aromatic N) is 1. The van der Waals surface area contributed by atoms with Crippen molar-refractivity contribution in [2.24, 2.45) is 0 Å². The van der Waals surface area contributed by atoms with Gasteiger partial charge in [-0.1, -0.05) is 0 Å². The van der Waals surface area contributed by atoms with Gasteiger partial charge in [-0.05, 0) is 33.1 Å². The number of carbonyl (C=O) groups excluding carboxylic acids is 1. The number of carbonyl (C=O) groups is 1. The molecule has 116 valence electrons. The summed E-state index contributed by atoms with van der Waals surface area (Å²) < 4.78 is 34.2. The van der Waals surface area contributed by atoms with Gasteiger partial charge in [-0.2, -0.15) is 17.4 Å². The van der Waals surface area contributed by atoms with E-state index in [0.717, 1.165) is 12.8 Å². The molecule has 2 fully saturated rings. The lowest BCUT2D eigenvalue weighted by Gasteiger charge is -2.35. The molecule has 0 aromatic carbocycles. The third-order valence-electron chi connectivity index (χ3n) is 3.55. The highest BCUT2D eigenvalue weighted by Crippen LogP contribution is 2.15. The van der Waals surface area contributed by atoms with E-state index in [1.807, 2.05) is 13.8 Å². The van der Waals surface area contributed by atoms with Gasteiger partial charge in [0.05, 0.1) is 12.2 Å². The first-order valence-corrected chi connectivity index (χ1v) is 8.53. The summed E-state index contributed by atoms with van der Waals surface area (Å²) in [5.74, 6) is -0.236. The summed E-state index contributed by atoms with van der Waals surface area (Å²) in [5.41, 5.74) is 0. The van der Waals surface area contributed by atoms with Gasteiger partial charge in [-0.15, -0.1) is 0 Å². The van der Waals surface area contributed by atoms with Crippen molar-refractivity contribution in [3.63, 3.8) is 0 Å². The van der Waals surface area contributed by atoms with Crippen molar-refractivity contribution in [2.45, 2.75) is 51.4 Å². The first kappa shape index (κ1) is 15.7. The standard InChI is InChI=1S/C12H23N3O4S/c1-9-7-15(8-10(2)19-9)20(17,18)14-11-5-3-4-6-13-12(11)16/h9-11,14H,3-8H2,1-2H3,(H,13,16)/t9-,10+,11-/m0/s1. The Morgan fingerprint density at radius 2 is 1.90 bits per heavy atom. The van der Waals surface area contributed by atoms with Crippen LogP contribution in [-0.4, -0.2) is 56.5 Å². The van der Waals surface area contributed by atoms with Gasteiger partial charge in [0.1, 0.15) is 6.04 Å². The fourth-order valence-corrected chi connectivity index (χ4v) is 4.18. The molecule has 8 heteroatoms. The normalized spacial score (nSPS) is 33.5. The number of ether oxygens (including phenoxy) is 1. The summed E-state index contributed by atoms with van der Waals surface area (Å²) >= 11 is 0. The van der Waals surface area contributed by atoms with E-state index in [9.17, 15) is 13.2 Å². The summed E-state index contributed by atoms with van der Waals surface area (Å²) in [4.78, 5) is 11.8. The topological polar surface area (TPSA) is 87.7 Å². The number of morpholine rings is 1. The summed E-state index contributed by atoms with van der Waals surface area (Å²) in [6.07, 6.45) is 1.98. The van der Waals surface area contributed by atoms with E-state index < -0.39 is 16.3 Å². The number of nitrogens with one attached hydrogen (secondary N) is 2. The largest absolute Gasteiger partial charge is 0.373 e. The Bertz CT molecular complexity index is 444. The zero-order valence-corrected chi connectivity index (χ0v) is 12.8. The van der Waals surface area contributed by atoms with E-state index in [4.69, 9.17) is 4.74 Å². The van der Waals surface area contributed by atoms with Gasteiger partial charge in [0.25, 0.3) is 10.2 Å². The molecular weight excluding hydrogens is 282 g/mol. The van der Waals surface area contributed by atoms with Crippen LogP contribution in [0.25, 0.3) is 0 Å². The van der Waals surface area contributed by atoms with E-state index in [2.05, 4.69) is 10.0 Å². The van der Waals surface area contributed by atoms with E-state index in [1.54, 1.807) is 0 Å². The zero-order chi connectivity index (χ0) is 14.8. The molecule has 0 bridgehead atoms. The van der Waals surface area contributed by atoms with Crippen molar-refractivity contribution in [2.75, 3.05) is 19.6 Å². The maximum absolute atomic E-state index is 12.4. The van der Waals surface area contributed by atoms with Crippen LogP contribution in [0.4, 0.5) is 0 Å². The Balaban J connectivity index is 2.04. The minimum Gasteiger partial charge on any atom is -0.373 e. The first-order chi connectivity index (χ1) is 9.38. The molecule has 2 N–H and O–H groups in total. The van der Waals surface area contributed by atoms with Gasteiger partial charge in [0.15, 0.2) is 0 Å². The van der Waals surface area contributed by atoms with E-state index >= 15 is 0 Å². The molecule has 2 saturated heterocycles. The van der Waals surface area contributed by atoms with Crippen molar-refractivity contribution in [3.05, 3.63) is 0 Å². The predicted molar refractivity (Wildman–Crippen MR) is 74.3 cm³/mol. The molecule has 1 amide bonds. The molecule has 0 radical (unpaired) electrons. The molecule has 3 atom stereocenters. The predicted octanol–water partition coefficient (Wildman–Crippen LogP) is -0.401. The summed E-state index contributed by atoms with van der Waals surface area (Å²) in [7, 11) is -3.66. The molecule has 2 heterocycles. The van der Waals surface area contributed by atoms with Gasteiger partial charge in [0.2, 0.25) is 5.91 Å². The second-order valence-corrected chi connectivity index (χ2v) is 7.24. The SMILES string of the molecule is C[C@@H]1CN(S(=O)(=O)N[C@H]2CCCCNC2=O)C[C@H](C)O1. The van der Waals surface area contributed by atoms with Gasteiger partial charge in [-0.25, -0.2) is 0 Å². The second-order valence-electron chi connectivity index (χ2n) is 5.54. The molecule has 2 aliphatic heterocycles. The average molecular weight is 305 g/mol. The van der Waals surface area contributed by atoms with Gasteiger partial charge in [-0.3, -0.25) is 4.79 Å². The third-order valence-corrected chi connectivity index (χ3v) is 5.11. The van der Waals surface area contributed by atoms with Crippen LogP contribution >= 0.6 is 0 Å². The summed E-state index contributed by atoms with van der Waals surface area (Å²) in [6, 6.07) is -0.670. The van der Waals surface area contributed by atoms with Crippen LogP contribution in [0.5, 0.6) is 0 Å². The summed E-state index contributed by atoms with van der Waals surface area (Å²) in [5, 5.41) is 2.73. The van der Waals surface area contributed by atoms with Crippen molar-refractivity contribution in [1.82, 2.24) is 14.3 Å². The Hall–Kier alpha value is -0.700.